The summed E-state index contributed by atoms with van der Waals surface area (Å²) in [6, 6.07) is 0. The van der Waals surface area contributed by atoms with Crippen LogP contribution in [-0.4, -0.2) is 20.6 Å². The zero-order valence-electron chi connectivity index (χ0n) is 9.08. The molecule has 0 fully saturated rings. The molecule has 16 heavy (non-hydrogen) atoms. The van der Waals surface area contributed by atoms with E-state index < -0.39 is 5.97 Å². The average Bonchev–Trinajstić information content (AvgIpc) is 2.68. The molecule has 4 nitrogen and oxygen atoms in total. The molecule has 1 N–H and O–H groups in total. The summed E-state index contributed by atoms with van der Waals surface area (Å²) in [5.74, 6) is -0.867. The highest BCUT2D eigenvalue weighted by Gasteiger charge is 1.91. The molecule has 0 aliphatic carbocycles. The number of carboxylic acid groups (broad SMARTS) is 1. The molecule has 0 aromatic carbocycles. The van der Waals surface area contributed by atoms with Crippen molar-refractivity contribution in [2.75, 3.05) is 0 Å². The first kappa shape index (κ1) is 14.7. The highest BCUT2D eigenvalue weighted by Crippen LogP contribution is 2.02. The van der Waals surface area contributed by atoms with Crippen LogP contribution >= 0.6 is 12.4 Å². The van der Waals surface area contributed by atoms with Crippen LogP contribution in [0.3, 0.4) is 0 Å². The van der Waals surface area contributed by atoms with E-state index in [2.05, 4.69) is 4.98 Å². The molecule has 0 aliphatic rings. The van der Waals surface area contributed by atoms with Gasteiger partial charge < -0.3 is 9.67 Å². The van der Waals surface area contributed by atoms with Crippen molar-refractivity contribution < 1.29 is 9.90 Å². The molecule has 0 spiro atoms. The number of aliphatic carboxylic acids is 1. The van der Waals surface area contributed by atoms with Gasteiger partial charge in [0.2, 0.25) is 0 Å². The van der Waals surface area contributed by atoms with Gasteiger partial charge in [-0.15, -0.1) is 12.4 Å². The van der Waals surface area contributed by atoms with Gasteiger partial charge in [0, 0.05) is 25.0 Å². The fraction of sp³-hybridized carbons (Fsp3) is 0.455. The molecule has 90 valence electrons. The molecular formula is C11H17ClN2O2. The van der Waals surface area contributed by atoms with Gasteiger partial charge in [-0.2, -0.15) is 0 Å². The molecule has 0 unspecified atom stereocenters. The summed E-state index contributed by atoms with van der Waals surface area (Å²) in [4.78, 5) is 14.1. The first-order valence-corrected chi connectivity index (χ1v) is 5.14. The summed E-state index contributed by atoms with van der Waals surface area (Å²) in [5.41, 5.74) is 0. The zero-order chi connectivity index (χ0) is 10.9. The maximum Gasteiger partial charge on any atom is 0.327 e. The third-order valence-corrected chi connectivity index (χ3v) is 2.11. The summed E-state index contributed by atoms with van der Waals surface area (Å²) in [5, 5.41) is 8.34. The molecule has 1 rings (SSSR count). The van der Waals surface area contributed by atoms with Gasteiger partial charge in [-0.25, -0.2) is 9.78 Å². The third kappa shape index (κ3) is 7.06. The van der Waals surface area contributed by atoms with E-state index in [9.17, 15) is 4.79 Å². The fourth-order valence-corrected chi connectivity index (χ4v) is 1.34. The van der Waals surface area contributed by atoms with Gasteiger partial charge in [-0.1, -0.05) is 12.5 Å². The van der Waals surface area contributed by atoms with E-state index in [0.29, 0.717) is 0 Å². The summed E-state index contributed by atoms with van der Waals surface area (Å²) in [6.07, 6.45) is 12.5. The summed E-state index contributed by atoms with van der Waals surface area (Å²) >= 11 is 0. The van der Waals surface area contributed by atoms with Crippen molar-refractivity contribution in [3.05, 3.63) is 30.9 Å². The van der Waals surface area contributed by atoms with E-state index in [1.54, 1.807) is 12.3 Å². The molecule has 1 aromatic rings. The average molecular weight is 245 g/mol. The van der Waals surface area contributed by atoms with Crippen LogP contribution in [0, 0.1) is 0 Å². The second-order valence-corrected chi connectivity index (χ2v) is 3.39. The Balaban J connectivity index is 0.00000225. The van der Waals surface area contributed by atoms with Crippen LogP contribution in [0.2, 0.25) is 0 Å². The molecule has 0 bridgehead atoms. The normalized spacial score (nSPS) is 10.2. The van der Waals surface area contributed by atoms with Crippen molar-refractivity contribution in [1.82, 2.24) is 9.55 Å². The quantitative estimate of drug-likeness (QED) is 0.592. The van der Waals surface area contributed by atoms with Gasteiger partial charge in [0.15, 0.2) is 0 Å². The maximum atomic E-state index is 10.1. The lowest BCUT2D eigenvalue weighted by Gasteiger charge is -2.00. The minimum absolute atomic E-state index is 0. The Morgan fingerprint density at radius 2 is 2.19 bits per heavy atom. The number of allylic oxidation sites excluding steroid dienone is 1. The predicted molar refractivity (Wildman–Crippen MR) is 64.7 cm³/mol. The van der Waals surface area contributed by atoms with E-state index in [-0.39, 0.29) is 12.4 Å². The Labute approximate surface area is 101 Å². The number of halogens is 1. The second kappa shape index (κ2) is 8.97. The maximum absolute atomic E-state index is 10.1. The second-order valence-electron chi connectivity index (χ2n) is 3.39. The first-order chi connectivity index (χ1) is 7.29. The van der Waals surface area contributed by atoms with Crippen LogP contribution in [0.25, 0.3) is 0 Å². The Hall–Kier alpha value is -1.29. The lowest BCUT2D eigenvalue weighted by Crippen LogP contribution is -1.93. The minimum Gasteiger partial charge on any atom is -0.478 e. The minimum atomic E-state index is -0.867. The number of aromatic nitrogens is 2. The molecule has 5 heteroatoms. The van der Waals surface area contributed by atoms with Crippen molar-refractivity contribution in [3.63, 3.8) is 0 Å². The number of imidazole rings is 1. The smallest absolute Gasteiger partial charge is 0.327 e. The molecule has 0 aliphatic heterocycles. The lowest BCUT2D eigenvalue weighted by molar-refractivity contribution is -0.131. The van der Waals surface area contributed by atoms with Crippen molar-refractivity contribution in [3.8, 4) is 0 Å². The molecule has 0 amide bonds. The topological polar surface area (TPSA) is 55.1 Å². The van der Waals surface area contributed by atoms with Gasteiger partial charge in [-0.05, 0) is 19.3 Å². The SMILES string of the molecule is Cl.O=C(O)/C=C\CCCCCn1ccnc1. The van der Waals surface area contributed by atoms with Crippen molar-refractivity contribution in [2.45, 2.75) is 32.2 Å². The van der Waals surface area contributed by atoms with E-state index in [1.807, 2.05) is 17.1 Å². The molecule has 1 heterocycles. The van der Waals surface area contributed by atoms with E-state index >= 15 is 0 Å². The molecule has 0 atom stereocenters. The van der Waals surface area contributed by atoms with Crippen molar-refractivity contribution in [2.24, 2.45) is 0 Å². The number of rotatable bonds is 7. The number of hydrogen-bond acceptors (Lipinski definition) is 2. The number of carboxylic acids is 1. The third-order valence-electron chi connectivity index (χ3n) is 2.11. The zero-order valence-corrected chi connectivity index (χ0v) is 9.90. The van der Waals surface area contributed by atoms with Crippen molar-refractivity contribution >= 4 is 18.4 Å². The highest BCUT2D eigenvalue weighted by atomic mass is 35.5. The van der Waals surface area contributed by atoms with Gasteiger partial charge in [0.1, 0.15) is 0 Å². The summed E-state index contributed by atoms with van der Waals surface area (Å²) in [6.45, 7) is 0.989. The van der Waals surface area contributed by atoms with Gasteiger partial charge in [-0.3, -0.25) is 0 Å². The van der Waals surface area contributed by atoms with Gasteiger partial charge >= 0.3 is 5.97 Å². The fourth-order valence-electron chi connectivity index (χ4n) is 1.34. The molecular weight excluding hydrogens is 228 g/mol. The number of aryl methyl sites for hydroxylation is 1. The van der Waals surface area contributed by atoms with Gasteiger partial charge in [0.05, 0.1) is 6.33 Å². The molecule has 1 aromatic heterocycles. The van der Waals surface area contributed by atoms with Crippen LogP contribution in [0.1, 0.15) is 25.7 Å². The number of carbonyl (C=O) groups is 1. The van der Waals surface area contributed by atoms with Crippen LogP contribution in [0.5, 0.6) is 0 Å². The van der Waals surface area contributed by atoms with E-state index in [4.69, 9.17) is 5.11 Å². The van der Waals surface area contributed by atoms with Crippen molar-refractivity contribution in [1.29, 1.82) is 0 Å². The Bertz CT molecular complexity index is 310. The Morgan fingerprint density at radius 3 is 2.81 bits per heavy atom. The standard InChI is InChI=1S/C11H16N2O2.ClH/c14-11(15)6-4-2-1-3-5-8-13-9-7-12-10-13;/h4,6-7,9-10H,1-3,5,8H2,(H,14,15);1H/b6-4-;. The highest BCUT2D eigenvalue weighted by molar-refractivity contribution is 5.85. The Morgan fingerprint density at radius 1 is 1.38 bits per heavy atom. The summed E-state index contributed by atoms with van der Waals surface area (Å²) < 4.78 is 2.05. The van der Waals surface area contributed by atoms with Crippen LogP contribution in [-0.2, 0) is 11.3 Å². The molecule has 0 radical (unpaired) electrons. The number of nitrogens with zero attached hydrogens (tertiary/aromatic N) is 2. The van der Waals surface area contributed by atoms with Crippen LogP contribution in [0.15, 0.2) is 30.9 Å². The van der Waals surface area contributed by atoms with E-state index in [0.717, 1.165) is 32.2 Å². The number of hydrogen-bond donors (Lipinski definition) is 1. The Kier molecular flexibility index (Phi) is 8.25. The molecule has 0 saturated heterocycles. The lowest BCUT2D eigenvalue weighted by atomic mass is 10.2. The van der Waals surface area contributed by atoms with E-state index in [1.165, 1.54) is 6.08 Å². The monoisotopic (exact) mass is 244 g/mol. The largest absolute Gasteiger partial charge is 0.478 e. The first-order valence-electron chi connectivity index (χ1n) is 5.14. The summed E-state index contributed by atoms with van der Waals surface area (Å²) in [7, 11) is 0. The van der Waals surface area contributed by atoms with Crippen LogP contribution < -0.4 is 0 Å². The van der Waals surface area contributed by atoms with Gasteiger partial charge in [0.25, 0.3) is 0 Å². The van der Waals surface area contributed by atoms with Crippen LogP contribution in [0.4, 0.5) is 0 Å². The number of unbranched alkanes of at least 4 members (excludes halogenated alkanes) is 3. The molecule has 0 saturated carbocycles. The predicted octanol–water partition coefficient (Wildman–Crippen LogP) is 2.51.